The average molecular weight is 370 g/mol. The standard InChI is InChI=1S/C17H23FN2O4S/c18-13-7-9-15(10-8-13)20-17(22)12-25(23,24)11-16(21)19-14-5-3-1-2-4-6-14/h7-10,14H,1-6,11-12H2,(H,19,21)(H,20,22). The molecule has 0 spiro atoms. The second kappa shape index (κ2) is 8.94. The van der Waals surface area contributed by atoms with Gasteiger partial charge in [0.2, 0.25) is 11.8 Å². The van der Waals surface area contributed by atoms with Crippen LogP contribution in [0.15, 0.2) is 24.3 Å². The molecule has 0 bridgehead atoms. The SMILES string of the molecule is O=C(CS(=O)(=O)CC(=O)NC1CCCCCC1)Nc1ccc(F)cc1. The van der Waals surface area contributed by atoms with E-state index in [2.05, 4.69) is 10.6 Å². The summed E-state index contributed by atoms with van der Waals surface area (Å²) in [6, 6.07) is 4.99. The molecule has 8 heteroatoms. The van der Waals surface area contributed by atoms with Gasteiger partial charge in [-0.25, -0.2) is 12.8 Å². The third kappa shape index (κ3) is 7.21. The largest absolute Gasteiger partial charge is 0.352 e. The lowest BCUT2D eigenvalue weighted by atomic mass is 10.1. The van der Waals surface area contributed by atoms with E-state index < -0.39 is 39.0 Å². The molecule has 1 fully saturated rings. The van der Waals surface area contributed by atoms with Crippen LogP contribution < -0.4 is 10.6 Å². The van der Waals surface area contributed by atoms with Crippen molar-refractivity contribution in [3.63, 3.8) is 0 Å². The van der Waals surface area contributed by atoms with E-state index >= 15 is 0 Å². The van der Waals surface area contributed by atoms with Crippen molar-refractivity contribution in [1.29, 1.82) is 0 Å². The first-order chi connectivity index (χ1) is 11.8. The number of rotatable bonds is 6. The number of amides is 2. The average Bonchev–Trinajstić information content (AvgIpc) is 2.76. The van der Waals surface area contributed by atoms with E-state index in [-0.39, 0.29) is 6.04 Å². The number of benzene rings is 1. The van der Waals surface area contributed by atoms with Crippen molar-refractivity contribution in [2.45, 2.75) is 44.6 Å². The molecular weight excluding hydrogens is 347 g/mol. The maximum atomic E-state index is 12.8. The van der Waals surface area contributed by atoms with E-state index in [0.29, 0.717) is 5.69 Å². The van der Waals surface area contributed by atoms with Crippen LogP contribution in [-0.4, -0.2) is 37.8 Å². The molecule has 1 saturated carbocycles. The molecule has 2 N–H and O–H groups in total. The van der Waals surface area contributed by atoms with Gasteiger partial charge >= 0.3 is 0 Å². The normalized spacial score (nSPS) is 16.0. The molecule has 138 valence electrons. The van der Waals surface area contributed by atoms with Crippen LogP contribution in [0, 0.1) is 5.82 Å². The van der Waals surface area contributed by atoms with Crippen LogP contribution in [0.1, 0.15) is 38.5 Å². The molecule has 2 amide bonds. The number of hydrogen-bond donors (Lipinski definition) is 2. The zero-order valence-electron chi connectivity index (χ0n) is 14.0. The molecule has 0 heterocycles. The fourth-order valence-electron chi connectivity index (χ4n) is 2.87. The number of carbonyl (C=O) groups is 2. The van der Waals surface area contributed by atoms with Gasteiger partial charge in [0.15, 0.2) is 9.84 Å². The van der Waals surface area contributed by atoms with Crippen molar-refractivity contribution >= 4 is 27.3 Å². The second-order valence-electron chi connectivity index (χ2n) is 6.34. The van der Waals surface area contributed by atoms with Crippen molar-refractivity contribution in [2.75, 3.05) is 16.8 Å². The molecule has 2 rings (SSSR count). The first-order valence-corrected chi connectivity index (χ1v) is 10.2. The highest BCUT2D eigenvalue weighted by atomic mass is 32.2. The molecule has 25 heavy (non-hydrogen) atoms. The van der Waals surface area contributed by atoms with Gasteiger partial charge in [-0.2, -0.15) is 0 Å². The van der Waals surface area contributed by atoms with Crippen LogP contribution in [0.25, 0.3) is 0 Å². The topological polar surface area (TPSA) is 92.3 Å². The van der Waals surface area contributed by atoms with Gasteiger partial charge in [0, 0.05) is 11.7 Å². The number of halogens is 1. The molecule has 0 radical (unpaired) electrons. The van der Waals surface area contributed by atoms with Crippen LogP contribution >= 0.6 is 0 Å². The number of anilines is 1. The highest BCUT2D eigenvalue weighted by Gasteiger charge is 2.23. The summed E-state index contributed by atoms with van der Waals surface area (Å²) in [5.41, 5.74) is 0.296. The monoisotopic (exact) mass is 370 g/mol. The first-order valence-electron chi connectivity index (χ1n) is 8.39. The van der Waals surface area contributed by atoms with Crippen LogP contribution in [0.3, 0.4) is 0 Å². The van der Waals surface area contributed by atoms with Crippen molar-refractivity contribution in [3.8, 4) is 0 Å². The van der Waals surface area contributed by atoms with Crippen LogP contribution in [0.2, 0.25) is 0 Å². The molecule has 1 aromatic rings. The minimum Gasteiger partial charge on any atom is -0.352 e. The van der Waals surface area contributed by atoms with E-state index in [1.165, 1.54) is 12.1 Å². The van der Waals surface area contributed by atoms with Crippen LogP contribution in [0.5, 0.6) is 0 Å². The van der Waals surface area contributed by atoms with Gasteiger partial charge < -0.3 is 10.6 Å². The Hall–Kier alpha value is -1.96. The highest BCUT2D eigenvalue weighted by molar-refractivity contribution is 7.92. The second-order valence-corrected chi connectivity index (χ2v) is 8.41. The zero-order valence-corrected chi connectivity index (χ0v) is 14.8. The number of carbonyl (C=O) groups excluding carboxylic acids is 2. The summed E-state index contributed by atoms with van der Waals surface area (Å²) < 4.78 is 36.9. The molecular formula is C17H23FN2O4S. The van der Waals surface area contributed by atoms with Crippen molar-refractivity contribution < 1.29 is 22.4 Å². The summed E-state index contributed by atoms with van der Waals surface area (Å²) in [5.74, 6) is -3.28. The Labute approximate surface area is 147 Å². The summed E-state index contributed by atoms with van der Waals surface area (Å²) >= 11 is 0. The maximum absolute atomic E-state index is 12.8. The van der Waals surface area contributed by atoms with Gasteiger partial charge in [-0.15, -0.1) is 0 Å². The number of sulfone groups is 1. The quantitative estimate of drug-likeness (QED) is 0.750. The van der Waals surface area contributed by atoms with Gasteiger partial charge in [0.05, 0.1) is 0 Å². The Balaban J connectivity index is 1.82. The lowest BCUT2D eigenvalue weighted by Crippen LogP contribution is -2.39. The van der Waals surface area contributed by atoms with E-state index in [4.69, 9.17) is 0 Å². The van der Waals surface area contributed by atoms with E-state index in [0.717, 1.165) is 50.7 Å². The third-order valence-corrected chi connectivity index (χ3v) is 5.45. The van der Waals surface area contributed by atoms with Crippen LogP contribution in [-0.2, 0) is 19.4 Å². The van der Waals surface area contributed by atoms with Gasteiger partial charge in [0.1, 0.15) is 17.3 Å². The fourth-order valence-corrected chi connectivity index (χ4v) is 3.93. The molecule has 1 aliphatic rings. The predicted molar refractivity (Wildman–Crippen MR) is 93.3 cm³/mol. The highest BCUT2D eigenvalue weighted by Crippen LogP contribution is 2.17. The number of hydrogen-bond acceptors (Lipinski definition) is 4. The smallest absolute Gasteiger partial charge is 0.239 e. The number of nitrogens with one attached hydrogen (secondary N) is 2. The van der Waals surface area contributed by atoms with E-state index in [9.17, 15) is 22.4 Å². The molecule has 0 unspecified atom stereocenters. The van der Waals surface area contributed by atoms with Crippen molar-refractivity contribution in [3.05, 3.63) is 30.1 Å². The summed E-state index contributed by atoms with van der Waals surface area (Å²) in [6.45, 7) is 0. The molecule has 0 atom stereocenters. The zero-order chi connectivity index (χ0) is 18.3. The lowest BCUT2D eigenvalue weighted by Gasteiger charge is -2.16. The van der Waals surface area contributed by atoms with E-state index in [1.807, 2.05) is 0 Å². The van der Waals surface area contributed by atoms with E-state index in [1.54, 1.807) is 0 Å². The van der Waals surface area contributed by atoms with Gasteiger partial charge in [-0.3, -0.25) is 9.59 Å². The van der Waals surface area contributed by atoms with Crippen molar-refractivity contribution in [1.82, 2.24) is 5.32 Å². The summed E-state index contributed by atoms with van der Waals surface area (Å²) in [5, 5.41) is 5.12. The molecule has 1 aromatic carbocycles. The van der Waals surface area contributed by atoms with Gasteiger partial charge in [-0.1, -0.05) is 25.7 Å². The minimum atomic E-state index is -3.87. The molecule has 0 aromatic heterocycles. The third-order valence-electron chi connectivity index (χ3n) is 4.05. The van der Waals surface area contributed by atoms with Crippen molar-refractivity contribution in [2.24, 2.45) is 0 Å². The Morgan fingerprint density at radius 1 is 0.960 bits per heavy atom. The predicted octanol–water partition coefficient (Wildman–Crippen LogP) is 2.02. The maximum Gasteiger partial charge on any atom is 0.239 e. The van der Waals surface area contributed by atoms with Gasteiger partial charge in [0.25, 0.3) is 0 Å². The minimum absolute atomic E-state index is 0.0123. The first kappa shape index (κ1) is 19.4. The Kier molecular flexibility index (Phi) is 6.92. The molecule has 0 aliphatic heterocycles. The molecule has 0 saturated heterocycles. The Morgan fingerprint density at radius 2 is 1.52 bits per heavy atom. The lowest BCUT2D eigenvalue weighted by molar-refractivity contribution is -0.119. The summed E-state index contributed by atoms with van der Waals surface area (Å²) in [7, 11) is -3.87. The molecule has 1 aliphatic carbocycles. The Morgan fingerprint density at radius 3 is 2.12 bits per heavy atom. The summed E-state index contributed by atoms with van der Waals surface area (Å²) in [6.07, 6.45) is 6.03. The fraction of sp³-hybridized carbons (Fsp3) is 0.529. The molecule has 6 nitrogen and oxygen atoms in total. The Bertz CT molecular complexity index is 696. The van der Waals surface area contributed by atoms with Crippen LogP contribution in [0.4, 0.5) is 10.1 Å². The summed E-state index contributed by atoms with van der Waals surface area (Å²) in [4.78, 5) is 23.8. The van der Waals surface area contributed by atoms with Gasteiger partial charge in [-0.05, 0) is 37.1 Å².